The molecule has 108 valence electrons. The zero-order chi connectivity index (χ0) is 14.6. The highest BCUT2D eigenvalue weighted by Gasteiger charge is 2.27. The van der Waals surface area contributed by atoms with E-state index in [4.69, 9.17) is 5.11 Å². The van der Waals surface area contributed by atoms with Crippen LogP contribution in [0.25, 0.3) is 6.08 Å². The molecule has 0 bridgehead atoms. The van der Waals surface area contributed by atoms with Gasteiger partial charge >= 0.3 is 5.97 Å². The molecule has 4 nitrogen and oxygen atoms in total. The lowest BCUT2D eigenvalue weighted by molar-refractivity contribution is -0.131. The number of nitrogens with zero attached hydrogens (tertiary/aromatic N) is 1. The Bertz CT molecular complexity index is 491. The smallest absolute Gasteiger partial charge is 0.328 e. The largest absolute Gasteiger partial charge is 0.478 e. The number of aliphatic carboxylic acids is 1. The standard InChI is InChI=1S/C16H21NO3/c1-16(20)9-2-10-17(12-16)11-14-5-3-13(4-6-14)7-8-15(18)19/h3-8,20H,2,9-12H2,1H3,(H,18,19)/b8-7+. The van der Waals surface area contributed by atoms with Gasteiger partial charge in [0, 0.05) is 19.2 Å². The van der Waals surface area contributed by atoms with Crippen molar-refractivity contribution in [2.75, 3.05) is 13.1 Å². The van der Waals surface area contributed by atoms with Crippen molar-refractivity contribution in [3.63, 3.8) is 0 Å². The van der Waals surface area contributed by atoms with Gasteiger partial charge in [0.15, 0.2) is 0 Å². The minimum atomic E-state index is -0.940. The first kappa shape index (κ1) is 14.8. The molecule has 1 unspecified atom stereocenters. The lowest BCUT2D eigenvalue weighted by Gasteiger charge is -2.36. The zero-order valence-corrected chi connectivity index (χ0v) is 11.7. The van der Waals surface area contributed by atoms with Crippen LogP contribution >= 0.6 is 0 Å². The Kier molecular flexibility index (Phi) is 4.57. The van der Waals surface area contributed by atoms with Gasteiger partial charge in [-0.15, -0.1) is 0 Å². The van der Waals surface area contributed by atoms with Gasteiger partial charge < -0.3 is 10.2 Å². The van der Waals surface area contributed by atoms with Crippen molar-refractivity contribution in [1.82, 2.24) is 4.90 Å². The number of aliphatic hydroxyl groups is 1. The van der Waals surface area contributed by atoms with Gasteiger partial charge in [-0.2, -0.15) is 0 Å². The molecule has 1 aliphatic rings. The van der Waals surface area contributed by atoms with Crippen molar-refractivity contribution in [1.29, 1.82) is 0 Å². The molecule has 2 rings (SSSR count). The molecule has 0 aliphatic carbocycles. The Labute approximate surface area is 119 Å². The first-order valence-corrected chi connectivity index (χ1v) is 6.89. The summed E-state index contributed by atoms with van der Waals surface area (Å²) >= 11 is 0. The third-order valence-electron chi connectivity index (χ3n) is 3.56. The van der Waals surface area contributed by atoms with Crippen molar-refractivity contribution >= 4 is 12.0 Å². The number of rotatable bonds is 4. The van der Waals surface area contributed by atoms with Gasteiger partial charge in [-0.25, -0.2) is 4.79 Å². The van der Waals surface area contributed by atoms with Gasteiger partial charge in [0.1, 0.15) is 0 Å². The second-order valence-electron chi connectivity index (χ2n) is 5.72. The number of benzene rings is 1. The summed E-state index contributed by atoms with van der Waals surface area (Å²) < 4.78 is 0. The maximum atomic E-state index is 10.4. The topological polar surface area (TPSA) is 60.8 Å². The Balaban J connectivity index is 1.95. The Hall–Kier alpha value is -1.65. The van der Waals surface area contributed by atoms with E-state index in [-0.39, 0.29) is 0 Å². The predicted octanol–water partition coefficient (Wildman–Crippen LogP) is 2.13. The van der Waals surface area contributed by atoms with Crippen LogP contribution in [0.5, 0.6) is 0 Å². The van der Waals surface area contributed by atoms with E-state index in [9.17, 15) is 9.90 Å². The number of carboxylic acid groups (broad SMARTS) is 1. The summed E-state index contributed by atoms with van der Waals surface area (Å²) in [7, 11) is 0. The summed E-state index contributed by atoms with van der Waals surface area (Å²) in [6.07, 6.45) is 4.60. The molecular weight excluding hydrogens is 254 g/mol. The van der Waals surface area contributed by atoms with Crippen LogP contribution in [0, 0.1) is 0 Å². The highest BCUT2D eigenvalue weighted by atomic mass is 16.4. The summed E-state index contributed by atoms with van der Waals surface area (Å²) in [6.45, 7) is 4.42. The lowest BCUT2D eigenvalue weighted by atomic mass is 9.95. The fourth-order valence-electron chi connectivity index (χ4n) is 2.62. The van der Waals surface area contributed by atoms with E-state index in [1.165, 1.54) is 5.56 Å². The van der Waals surface area contributed by atoms with E-state index in [1.54, 1.807) is 6.08 Å². The van der Waals surface area contributed by atoms with Crippen LogP contribution < -0.4 is 0 Å². The number of likely N-dealkylation sites (tertiary alicyclic amines) is 1. The lowest BCUT2D eigenvalue weighted by Crippen LogP contribution is -2.45. The van der Waals surface area contributed by atoms with Crippen LogP contribution in [0.15, 0.2) is 30.3 Å². The average molecular weight is 275 g/mol. The number of hydrogen-bond donors (Lipinski definition) is 2. The molecule has 1 aliphatic heterocycles. The van der Waals surface area contributed by atoms with Gasteiger partial charge in [0.2, 0.25) is 0 Å². The normalized spacial score (nSPS) is 24.1. The highest BCUT2D eigenvalue weighted by Crippen LogP contribution is 2.21. The molecular formula is C16H21NO3. The average Bonchev–Trinajstić information content (AvgIpc) is 2.36. The molecule has 1 heterocycles. The number of carbonyl (C=O) groups is 1. The Morgan fingerprint density at radius 3 is 2.70 bits per heavy atom. The number of carboxylic acids is 1. The molecule has 2 N–H and O–H groups in total. The van der Waals surface area contributed by atoms with Crippen molar-refractivity contribution in [2.24, 2.45) is 0 Å². The van der Waals surface area contributed by atoms with Crippen LogP contribution in [-0.2, 0) is 11.3 Å². The molecule has 20 heavy (non-hydrogen) atoms. The third kappa shape index (κ3) is 4.47. The molecule has 0 radical (unpaired) electrons. The number of piperidine rings is 1. The Morgan fingerprint density at radius 2 is 2.10 bits per heavy atom. The van der Waals surface area contributed by atoms with Crippen molar-refractivity contribution in [3.05, 3.63) is 41.5 Å². The van der Waals surface area contributed by atoms with E-state index >= 15 is 0 Å². The van der Waals surface area contributed by atoms with Crippen LogP contribution in [0.3, 0.4) is 0 Å². The summed E-state index contributed by atoms with van der Waals surface area (Å²) in [5, 5.41) is 18.7. The summed E-state index contributed by atoms with van der Waals surface area (Å²) in [5.74, 6) is -0.940. The minimum Gasteiger partial charge on any atom is -0.478 e. The summed E-state index contributed by atoms with van der Waals surface area (Å²) in [4.78, 5) is 12.7. The quantitative estimate of drug-likeness (QED) is 0.826. The van der Waals surface area contributed by atoms with Gasteiger partial charge in [-0.05, 0) is 43.5 Å². The van der Waals surface area contributed by atoms with Crippen molar-refractivity contribution in [2.45, 2.75) is 31.9 Å². The second-order valence-corrected chi connectivity index (χ2v) is 5.72. The molecule has 4 heteroatoms. The van der Waals surface area contributed by atoms with E-state index in [1.807, 2.05) is 31.2 Å². The molecule has 1 aromatic carbocycles. The van der Waals surface area contributed by atoms with Crippen LogP contribution in [0.4, 0.5) is 0 Å². The van der Waals surface area contributed by atoms with Crippen LogP contribution in [-0.4, -0.2) is 39.8 Å². The third-order valence-corrected chi connectivity index (χ3v) is 3.56. The summed E-state index contributed by atoms with van der Waals surface area (Å²) in [5.41, 5.74) is 1.47. The van der Waals surface area contributed by atoms with Crippen molar-refractivity contribution in [3.8, 4) is 0 Å². The number of hydrogen-bond acceptors (Lipinski definition) is 3. The van der Waals surface area contributed by atoms with Gasteiger partial charge in [0.05, 0.1) is 5.60 Å². The monoisotopic (exact) mass is 275 g/mol. The molecule has 0 aromatic heterocycles. The van der Waals surface area contributed by atoms with Crippen molar-refractivity contribution < 1.29 is 15.0 Å². The van der Waals surface area contributed by atoms with Gasteiger partial charge in [0.25, 0.3) is 0 Å². The van der Waals surface area contributed by atoms with Gasteiger partial charge in [-0.1, -0.05) is 24.3 Å². The van der Waals surface area contributed by atoms with Crippen LogP contribution in [0.2, 0.25) is 0 Å². The van der Waals surface area contributed by atoms with E-state index < -0.39 is 11.6 Å². The molecule has 1 atom stereocenters. The zero-order valence-electron chi connectivity index (χ0n) is 11.7. The van der Waals surface area contributed by atoms with E-state index in [0.717, 1.165) is 37.6 Å². The molecule has 0 saturated carbocycles. The highest BCUT2D eigenvalue weighted by molar-refractivity contribution is 5.85. The van der Waals surface area contributed by atoms with E-state index in [0.29, 0.717) is 6.54 Å². The molecule has 1 saturated heterocycles. The fourth-order valence-corrected chi connectivity index (χ4v) is 2.62. The SMILES string of the molecule is CC1(O)CCCN(Cc2ccc(/C=C/C(=O)O)cc2)C1. The fraction of sp³-hybridized carbons (Fsp3) is 0.438. The maximum absolute atomic E-state index is 10.4. The van der Waals surface area contributed by atoms with Gasteiger partial charge in [-0.3, -0.25) is 4.90 Å². The summed E-state index contributed by atoms with van der Waals surface area (Å²) in [6, 6.07) is 7.84. The first-order chi connectivity index (χ1) is 9.44. The number of β-amino-alcohol motifs (C(OH)–C–C–N with tert-alkyl or cyclic N) is 1. The first-order valence-electron chi connectivity index (χ1n) is 6.89. The minimum absolute atomic E-state index is 0.581. The predicted molar refractivity (Wildman–Crippen MR) is 78.2 cm³/mol. The molecule has 0 amide bonds. The van der Waals surface area contributed by atoms with Crippen LogP contribution in [0.1, 0.15) is 30.9 Å². The van der Waals surface area contributed by atoms with E-state index in [2.05, 4.69) is 4.90 Å². The maximum Gasteiger partial charge on any atom is 0.328 e. The molecule has 0 spiro atoms. The molecule has 1 aromatic rings. The Morgan fingerprint density at radius 1 is 1.40 bits per heavy atom. The molecule has 1 fully saturated rings. The second kappa shape index (κ2) is 6.20.